The van der Waals surface area contributed by atoms with Crippen LogP contribution in [-0.2, 0) is 17.6 Å². The summed E-state index contributed by atoms with van der Waals surface area (Å²) in [4.78, 5) is 17.2. The Morgan fingerprint density at radius 1 is 1.27 bits per heavy atom. The fourth-order valence-corrected chi connectivity index (χ4v) is 3.10. The summed E-state index contributed by atoms with van der Waals surface area (Å²) in [5.41, 5.74) is 3.17. The molecule has 1 aliphatic heterocycles. The molecule has 0 saturated heterocycles. The Morgan fingerprint density at radius 3 is 2.81 bits per heavy atom. The zero-order valence-electron chi connectivity index (χ0n) is 16.2. The number of fused-ring (bicyclic) bond motifs is 2. The number of anilines is 1. The summed E-state index contributed by atoms with van der Waals surface area (Å²) >= 11 is 0. The lowest BCUT2D eigenvalue weighted by atomic mass is 10.0. The Balaban J connectivity index is 1.77. The molecule has 2 aromatic rings. The average molecular weight is 358 g/mol. The maximum atomic E-state index is 12.4. The molecule has 1 amide bonds. The zero-order valence-corrected chi connectivity index (χ0v) is 16.2. The number of nitrogens with one attached hydrogen (secondary N) is 3. The maximum absolute atomic E-state index is 12.4. The van der Waals surface area contributed by atoms with E-state index < -0.39 is 0 Å². The van der Waals surface area contributed by atoms with Crippen molar-refractivity contribution in [3.8, 4) is 0 Å². The number of hydrogen-bond acceptors (Lipinski definition) is 5. The molecule has 0 saturated carbocycles. The van der Waals surface area contributed by atoms with Gasteiger partial charge in [-0.3, -0.25) is 4.79 Å². The molecule has 1 aliphatic rings. The van der Waals surface area contributed by atoms with E-state index in [0.29, 0.717) is 12.5 Å². The van der Waals surface area contributed by atoms with Crippen LogP contribution in [0, 0.1) is 11.8 Å². The maximum Gasteiger partial charge on any atom is 0.224 e. The Morgan fingerprint density at radius 2 is 2.04 bits per heavy atom. The van der Waals surface area contributed by atoms with Crippen LogP contribution >= 0.6 is 0 Å². The van der Waals surface area contributed by atoms with Crippen molar-refractivity contribution in [1.29, 1.82) is 0 Å². The molecule has 2 atom stereocenters. The zero-order chi connectivity index (χ0) is 18.7. The Bertz CT molecular complexity index is 769. The summed E-state index contributed by atoms with van der Waals surface area (Å²) in [6.07, 6.45) is 3.59. The van der Waals surface area contributed by atoms with Crippen molar-refractivity contribution < 1.29 is 4.79 Å². The number of amides is 1. The molecule has 7 heteroatoms. The molecule has 0 aliphatic carbocycles. The monoisotopic (exact) mass is 358 g/mol. The van der Waals surface area contributed by atoms with E-state index in [9.17, 15) is 4.79 Å². The second-order valence-corrected chi connectivity index (χ2v) is 7.56. The van der Waals surface area contributed by atoms with Gasteiger partial charge in [-0.15, -0.1) is 0 Å². The van der Waals surface area contributed by atoms with Crippen molar-refractivity contribution in [3.63, 3.8) is 0 Å². The van der Waals surface area contributed by atoms with Crippen LogP contribution in [0.25, 0.3) is 5.65 Å². The van der Waals surface area contributed by atoms with Crippen molar-refractivity contribution in [2.45, 2.75) is 46.6 Å². The van der Waals surface area contributed by atoms with Gasteiger partial charge in [0.15, 0.2) is 5.65 Å². The van der Waals surface area contributed by atoms with Crippen molar-refractivity contribution in [1.82, 2.24) is 25.2 Å². The third kappa shape index (κ3) is 3.98. The third-order valence-corrected chi connectivity index (χ3v) is 5.20. The van der Waals surface area contributed by atoms with Crippen LogP contribution in [0.1, 0.15) is 39.0 Å². The molecule has 0 fully saturated rings. The largest absolute Gasteiger partial charge is 0.369 e. The quantitative estimate of drug-likeness (QED) is 0.731. The van der Waals surface area contributed by atoms with Crippen molar-refractivity contribution >= 4 is 17.4 Å². The van der Waals surface area contributed by atoms with E-state index in [0.717, 1.165) is 43.1 Å². The highest BCUT2D eigenvalue weighted by atomic mass is 16.1. The van der Waals surface area contributed by atoms with Gasteiger partial charge in [-0.1, -0.05) is 20.8 Å². The summed E-state index contributed by atoms with van der Waals surface area (Å²) in [6.45, 7) is 10.7. The first kappa shape index (κ1) is 18.6. The smallest absolute Gasteiger partial charge is 0.224 e. The van der Waals surface area contributed by atoms with Crippen molar-refractivity contribution in [2.75, 3.05) is 25.0 Å². The molecule has 7 nitrogen and oxygen atoms in total. The van der Waals surface area contributed by atoms with Crippen LogP contribution in [0.3, 0.4) is 0 Å². The number of rotatable bonds is 6. The van der Waals surface area contributed by atoms with E-state index in [1.807, 2.05) is 24.4 Å². The van der Waals surface area contributed by atoms with E-state index in [2.05, 4.69) is 34.9 Å². The van der Waals surface area contributed by atoms with Gasteiger partial charge in [0, 0.05) is 37.2 Å². The molecule has 0 radical (unpaired) electrons. The summed E-state index contributed by atoms with van der Waals surface area (Å²) in [5, 5.41) is 14.4. The first-order valence-corrected chi connectivity index (χ1v) is 9.57. The number of aromatic nitrogens is 3. The van der Waals surface area contributed by atoms with Crippen molar-refractivity contribution in [2.24, 2.45) is 11.8 Å². The molecule has 3 heterocycles. The van der Waals surface area contributed by atoms with Crippen LogP contribution in [-0.4, -0.2) is 46.2 Å². The lowest BCUT2D eigenvalue weighted by Crippen LogP contribution is -2.41. The minimum absolute atomic E-state index is 0.0808. The summed E-state index contributed by atoms with van der Waals surface area (Å²) in [5.74, 6) is 1.34. The molecule has 0 aromatic carbocycles. The lowest BCUT2D eigenvalue weighted by molar-refractivity contribution is -0.125. The van der Waals surface area contributed by atoms with Gasteiger partial charge >= 0.3 is 0 Å². The molecule has 0 bridgehead atoms. The molecule has 3 rings (SSSR count). The normalized spacial score (nSPS) is 16.8. The molecular weight excluding hydrogens is 328 g/mol. The molecule has 3 N–H and O–H groups in total. The molecule has 2 aromatic heterocycles. The minimum atomic E-state index is -0.130. The van der Waals surface area contributed by atoms with E-state index >= 15 is 0 Å². The van der Waals surface area contributed by atoms with Gasteiger partial charge in [0.05, 0.1) is 17.8 Å². The number of carbonyl (C=O) groups excluding carboxylic acids is 1. The van der Waals surface area contributed by atoms with E-state index in [-0.39, 0.29) is 17.9 Å². The molecule has 2 unspecified atom stereocenters. The first-order chi connectivity index (χ1) is 12.5. The lowest BCUT2D eigenvalue weighted by Gasteiger charge is -2.22. The summed E-state index contributed by atoms with van der Waals surface area (Å²) in [7, 11) is 0. The highest BCUT2D eigenvalue weighted by Gasteiger charge is 2.21. The van der Waals surface area contributed by atoms with Crippen molar-refractivity contribution in [3.05, 3.63) is 23.5 Å². The molecule has 0 spiro atoms. The molecule has 142 valence electrons. The highest BCUT2D eigenvalue weighted by molar-refractivity contribution is 5.79. The van der Waals surface area contributed by atoms with Gasteiger partial charge in [0.2, 0.25) is 5.91 Å². The van der Waals surface area contributed by atoms with Crippen LogP contribution in [0.2, 0.25) is 0 Å². The topological polar surface area (TPSA) is 83.3 Å². The third-order valence-electron chi connectivity index (χ3n) is 5.20. The predicted octanol–water partition coefficient (Wildman–Crippen LogP) is 1.63. The van der Waals surface area contributed by atoms with Crippen LogP contribution in [0.5, 0.6) is 0 Å². The second-order valence-electron chi connectivity index (χ2n) is 7.56. The first-order valence-electron chi connectivity index (χ1n) is 9.57. The molecule has 26 heavy (non-hydrogen) atoms. The number of nitrogens with zero attached hydrogens (tertiary/aromatic N) is 3. The second kappa shape index (κ2) is 8.03. The van der Waals surface area contributed by atoms with Gasteiger partial charge in [0.25, 0.3) is 0 Å². The summed E-state index contributed by atoms with van der Waals surface area (Å²) < 4.78 is 1.85. The van der Waals surface area contributed by atoms with Crippen LogP contribution in [0.4, 0.5) is 5.82 Å². The van der Waals surface area contributed by atoms with E-state index in [1.54, 1.807) is 6.20 Å². The minimum Gasteiger partial charge on any atom is -0.369 e. The van der Waals surface area contributed by atoms with E-state index in [1.165, 1.54) is 5.56 Å². The summed E-state index contributed by atoms with van der Waals surface area (Å²) in [6, 6.07) is 2.09. The number of hydrogen-bond donors (Lipinski definition) is 3. The van der Waals surface area contributed by atoms with Gasteiger partial charge in [-0.2, -0.15) is 9.61 Å². The SMILES string of the molecule is CC(CNc1c2c(nc3ccnn13)CCNCC2)C(=O)NC(C)C(C)C. The predicted molar refractivity (Wildman–Crippen MR) is 103 cm³/mol. The fraction of sp³-hybridized carbons (Fsp3) is 0.632. The van der Waals surface area contributed by atoms with Crippen LogP contribution in [0.15, 0.2) is 12.3 Å². The van der Waals surface area contributed by atoms with Gasteiger partial charge in [-0.05, 0) is 25.8 Å². The Labute approximate surface area is 155 Å². The van der Waals surface area contributed by atoms with E-state index in [4.69, 9.17) is 4.98 Å². The van der Waals surface area contributed by atoms with Gasteiger partial charge in [-0.25, -0.2) is 4.98 Å². The van der Waals surface area contributed by atoms with Gasteiger partial charge in [0.1, 0.15) is 5.82 Å². The molecular formula is C19H30N6O. The number of carbonyl (C=O) groups is 1. The Kier molecular flexibility index (Phi) is 5.76. The van der Waals surface area contributed by atoms with Crippen LogP contribution < -0.4 is 16.0 Å². The standard InChI is InChI=1S/C19H30N6O/c1-12(2)14(4)23-19(26)13(3)11-21-18-15-5-8-20-9-6-16(15)24-17-7-10-22-25(17)18/h7,10,12-14,20-21H,5-6,8-9,11H2,1-4H3,(H,23,26). The fourth-order valence-electron chi connectivity index (χ4n) is 3.10. The van der Waals surface area contributed by atoms with Gasteiger partial charge < -0.3 is 16.0 Å². The Hall–Kier alpha value is -2.15. The average Bonchev–Trinajstić information content (AvgIpc) is 2.95. The highest BCUT2D eigenvalue weighted by Crippen LogP contribution is 2.23.